The predicted octanol–water partition coefficient (Wildman–Crippen LogP) is 6.60. The molecule has 43 heavy (non-hydrogen) atoms. The highest BCUT2D eigenvalue weighted by Crippen LogP contribution is 2.42. The topological polar surface area (TPSA) is 107 Å². The fourth-order valence-corrected chi connectivity index (χ4v) is 5.67. The fraction of sp³-hybridized carbons (Fsp3) is 0.258. The number of pyridine rings is 1. The Kier molecular flexibility index (Phi) is 9.49. The van der Waals surface area contributed by atoms with Crippen molar-refractivity contribution in [3.63, 3.8) is 0 Å². The number of halogens is 3. The number of methoxy groups -OCH3 is 2. The lowest BCUT2D eigenvalue weighted by molar-refractivity contribution is -0.147. The molecule has 12 heteroatoms. The van der Waals surface area contributed by atoms with Crippen molar-refractivity contribution in [3.8, 4) is 28.3 Å². The molecule has 4 aromatic rings. The molecule has 0 amide bonds. The zero-order chi connectivity index (χ0) is 30.5. The van der Waals surface area contributed by atoms with E-state index < -0.39 is 5.82 Å². The van der Waals surface area contributed by atoms with Crippen LogP contribution in [0.1, 0.15) is 28.9 Å². The smallest absolute Gasteiger partial charge is 0.308 e. The Labute approximate surface area is 258 Å². The number of carbonyl (C=O) groups excluding carboxylic acids is 2. The quantitative estimate of drug-likeness (QED) is 0.163. The molecule has 0 radical (unpaired) electrons. The lowest BCUT2D eigenvalue weighted by atomic mass is 9.96. The molecule has 3 heterocycles. The van der Waals surface area contributed by atoms with Crippen LogP contribution >= 0.6 is 23.2 Å². The van der Waals surface area contributed by atoms with Gasteiger partial charge in [0.1, 0.15) is 0 Å². The second-order valence-electron chi connectivity index (χ2n) is 9.93. The summed E-state index contributed by atoms with van der Waals surface area (Å²) in [7, 11) is 2.80. The molecular formula is C31H28Cl2FN5O4. The second-order valence-corrected chi connectivity index (χ2v) is 10.7. The molecule has 1 N–H and O–H groups in total. The van der Waals surface area contributed by atoms with E-state index in [0.717, 1.165) is 0 Å². The van der Waals surface area contributed by atoms with Gasteiger partial charge in [0.05, 0.1) is 47.8 Å². The van der Waals surface area contributed by atoms with Crippen molar-refractivity contribution in [3.05, 3.63) is 82.0 Å². The highest BCUT2D eigenvalue weighted by Gasteiger charge is 2.26. The maximum Gasteiger partial charge on any atom is 0.308 e. The highest BCUT2D eigenvalue weighted by molar-refractivity contribution is 6.39. The van der Waals surface area contributed by atoms with E-state index in [-0.39, 0.29) is 29.3 Å². The van der Waals surface area contributed by atoms with Crippen LogP contribution in [0.25, 0.3) is 22.4 Å². The molecule has 222 valence electrons. The molecule has 9 nitrogen and oxygen atoms in total. The van der Waals surface area contributed by atoms with Gasteiger partial charge in [-0.15, -0.1) is 0 Å². The molecule has 5 rings (SSSR count). The van der Waals surface area contributed by atoms with Crippen LogP contribution in [-0.2, 0) is 16.1 Å². The van der Waals surface area contributed by atoms with Crippen molar-refractivity contribution in [2.45, 2.75) is 19.4 Å². The molecule has 0 atom stereocenters. The van der Waals surface area contributed by atoms with Crippen molar-refractivity contribution in [1.29, 1.82) is 0 Å². The summed E-state index contributed by atoms with van der Waals surface area (Å²) >= 11 is 13.7. The molecule has 2 aromatic heterocycles. The van der Waals surface area contributed by atoms with Gasteiger partial charge in [0, 0.05) is 35.0 Å². The largest absolute Gasteiger partial charge is 0.479 e. The minimum atomic E-state index is -0.481. The number of aldehydes is 1. The van der Waals surface area contributed by atoms with Crippen LogP contribution in [0.2, 0.25) is 10.0 Å². The number of ether oxygens (including phenoxy) is 2. The summed E-state index contributed by atoms with van der Waals surface area (Å²) < 4.78 is 25.7. The van der Waals surface area contributed by atoms with E-state index in [0.29, 0.717) is 82.4 Å². The van der Waals surface area contributed by atoms with Crippen molar-refractivity contribution >= 4 is 47.0 Å². The van der Waals surface area contributed by atoms with E-state index in [2.05, 4.69) is 25.2 Å². The summed E-state index contributed by atoms with van der Waals surface area (Å²) in [5.41, 5.74) is 3.20. The average Bonchev–Trinajstić information content (AvgIpc) is 3.03. The van der Waals surface area contributed by atoms with Gasteiger partial charge in [-0.1, -0.05) is 53.5 Å². The zero-order valence-electron chi connectivity index (χ0n) is 23.4. The summed E-state index contributed by atoms with van der Waals surface area (Å²) in [6.45, 7) is 1.71. The Bertz CT molecular complexity index is 1660. The third-order valence-corrected chi connectivity index (χ3v) is 8.19. The van der Waals surface area contributed by atoms with Gasteiger partial charge in [0.2, 0.25) is 5.88 Å². The van der Waals surface area contributed by atoms with Crippen LogP contribution in [0.4, 0.5) is 15.9 Å². The highest BCUT2D eigenvalue weighted by atomic mass is 35.5. The van der Waals surface area contributed by atoms with Crippen LogP contribution < -0.4 is 10.1 Å². The monoisotopic (exact) mass is 623 g/mol. The van der Waals surface area contributed by atoms with Crippen LogP contribution in [0, 0.1) is 11.7 Å². The summed E-state index contributed by atoms with van der Waals surface area (Å²) in [6, 6.07) is 12.3. The van der Waals surface area contributed by atoms with Crippen LogP contribution in [0.15, 0.2) is 54.9 Å². The Balaban J connectivity index is 1.38. The van der Waals surface area contributed by atoms with Gasteiger partial charge in [0.25, 0.3) is 0 Å². The van der Waals surface area contributed by atoms with E-state index in [1.54, 1.807) is 42.6 Å². The second kappa shape index (κ2) is 13.5. The molecule has 0 aliphatic carbocycles. The van der Waals surface area contributed by atoms with Crippen molar-refractivity contribution < 1.29 is 23.5 Å². The first-order chi connectivity index (χ1) is 20.8. The molecule has 1 aliphatic heterocycles. The molecule has 1 fully saturated rings. The summed E-state index contributed by atoms with van der Waals surface area (Å²) in [5, 5.41) is 3.72. The number of nitrogens with zero attached hydrogens (tertiary/aromatic N) is 4. The Hall–Kier alpha value is -4.12. The van der Waals surface area contributed by atoms with Gasteiger partial charge in [-0.25, -0.2) is 19.3 Å². The lowest BCUT2D eigenvalue weighted by Gasteiger charge is -2.30. The number of rotatable bonds is 9. The molecule has 0 saturated carbocycles. The Morgan fingerprint density at radius 2 is 1.74 bits per heavy atom. The van der Waals surface area contributed by atoms with Crippen LogP contribution in [0.5, 0.6) is 5.88 Å². The number of hydrogen-bond donors (Lipinski definition) is 1. The minimum absolute atomic E-state index is 0.0403. The van der Waals surface area contributed by atoms with Crippen LogP contribution in [-0.4, -0.2) is 59.4 Å². The molecule has 0 bridgehead atoms. The zero-order valence-corrected chi connectivity index (χ0v) is 25.0. The number of carbonyl (C=O) groups is 2. The number of hydrogen-bond acceptors (Lipinski definition) is 9. The van der Waals surface area contributed by atoms with Gasteiger partial charge in [-0.2, -0.15) is 0 Å². The molecule has 1 saturated heterocycles. The standard InChI is InChI=1S/C31H28Cl2FN5O4/c1-42-30-25(17-40)36-15-24(38-30)22-7-3-5-20(26(22)32)21-6-4-8-23(27(21)33)37-29-28(34)19(9-12-35-29)16-39-13-10-18(11-14-39)31(41)43-2/h3-9,12,15,17-18H,10-11,13-14,16H2,1-2H3,(H,35,37). The maximum atomic E-state index is 15.6. The molecule has 1 aliphatic rings. The van der Waals surface area contributed by atoms with Gasteiger partial charge >= 0.3 is 5.97 Å². The first-order valence-corrected chi connectivity index (χ1v) is 14.2. The molecule has 0 unspecified atom stereocenters. The summed E-state index contributed by atoms with van der Waals surface area (Å²) in [6.07, 6.45) is 4.89. The van der Waals surface area contributed by atoms with Gasteiger partial charge in [-0.3, -0.25) is 14.5 Å². The molecule has 2 aromatic carbocycles. The Morgan fingerprint density at radius 1 is 1.05 bits per heavy atom. The number of likely N-dealkylation sites (tertiary alicyclic amines) is 1. The maximum absolute atomic E-state index is 15.6. The van der Waals surface area contributed by atoms with Crippen molar-refractivity contribution in [2.75, 3.05) is 32.6 Å². The van der Waals surface area contributed by atoms with Gasteiger partial charge < -0.3 is 14.8 Å². The fourth-order valence-electron chi connectivity index (χ4n) is 5.07. The summed E-state index contributed by atoms with van der Waals surface area (Å²) in [5.74, 6) is -0.678. The Morgan fingerprint density at radius 3 is 2.44 bits per heavy atom. The first kappa shape index (κ1) is 30.3. The number of piperidine rings is 1. The van der Waals surface area contributed by atoms with E-state index in [9.17, 15) is 9.59 Å². The van der Waals surface area contributed by atoms with Crippen molar-refractivity contribution in [1.82, 2.24) is 19.9 Å². The van der Waals surface area contributed by atoms with E-state index >= 15 is 4.39 Å². The van der Waals surface area contributed by atoms with E-state index in [1.165, 1.54) is 20.4 Å². The normalized spacial score (nSPS) is 13.9. The number of aromatic nitrogens is 3. The van der Waals surface area contributed by atoms with E-state index in [4.69, 9.17) is 32.7 Å². The first-order valence-electron chi connectivity index (χ1n) is 13.5. The SMILES string of the molecule is COC(=O)C1CCN(Cc2ccnc(Nc3cccc(-c4cccc(-c5cnc(C=O)c(OC)n5)c4Cl)c3Cl)c2F)CC1. The number of benzene rings is 2. The number of nitrogens with one attached hydrogen (secondary N) is 1. The predicted molar refractivity (Wildman–Crippen MR) is 162 cm³/mol. The molecule has 0 spiro atoms. The lowest BCUT2D eigenvalue weighted by Crippen LogP contribution is -2.36. The van der Waals surface area contributed by atoms with Crippen LogP contribution in [0.3, 0.4) is 0 Å². The minimum Gasteiger partial charge on any atom is -0.479 e. The summed E-state index contributed by atoms with van der Waals surface area (Å²) in [4.78, 5) is 37.9. The number of esters is 1. The van der Waals surface area contributed by atoms with E-state index in [1.807, 2.05) is 6.07 Å². The number of anilines is 2. The third kappa shape index (κ3) is 6.46. The van der Waals surface area contributed by atoms with Crippen molar-refractivity contribution in [2.24, 2.45) is 5.92 Å². The molecular weight excluding hydrogens is 596 g/mol. The van der Waals surface area contributed by atoms with Gasteiger partial charge in [0.15, 0.2) is 23.6 Å². The third-order valence-electron chi connectivity index (χ3n) is 7.37. The average molecular weight is 625 g/mol. The van der Waals surface area contributed by atoms with Gasteiger partial charge in [-0.05, 0) is 38.1 Å².